The minimum atomic E-state index is -1.79. The van der Waals surface area contributed by atoms with Gasteiger partial charge in [0.05, 0.1) is 42.3 Å². The molecule has 0 radical (unpaired) electrons. The molecule has 0 rings (SSSR count). The molecule has 0 spiro atoms. The molecule has 0 saturated heterocycles. The van der Waals surface area contributed by atoms with Crippen LogP contribution >= 0.6 is 0 Å². The van der Waals surface area contributed by atoms with E-state index in [9.17, 15) is 39.6 Å². The first-order valence-corrected chi connectivity index (χ1v) is 8.64. The van der Waals surface area contributed by atoms with Gasteiger partial charge < -0.3 is 29.4 Å². The van der Waals surface area contributed by atoms with Crippen molar-refractivity contribution in [3.05, 3.63) is 12.2 Å². The number of carboxylic acid groups (broad SMARTS) is 2. The maximum atomic E-state index is 12.2. The summed E-state index contributed by atoms with van der Waals surface area (Å²) in [6.45, 7) is -0.0467. The molecule has 0 aromatic rings. The Morgan fingerprint density at radius 2 is 0.929 bits per heavy atom. The Labute approximate surface area is 164 Å². The predicted octanol–water partition coefficient (Wildman–Crippen LogP) is -1.78. The zero-order valence-electron chi connectivity index (χ0n) is 17.2. The Morgan fingerprint density at radius 3 is 1.11 bits per heavy atom. The van der Waals surface area contributed by atoms with Crippen LogP contribution in [0.2, 0.25) is 0 Å². The molecule has 4 unspecified atom stereocenters. The Morgan fingerprint density at radius 1 is 0.679 bits per heavy atom. The summed E-state index contributed by atoms with van der Waals surface area (Å²) in [4.78, 5) is 47.2. The molecule has 10 heteroatoms. The first-order chi connectivity index (χ1) is 12.5. The molecule has 0 bridgehead atoms. The van der Waals surface area contributed by atoms with Crippen LogP contribution in [0.15, 0.2) is 12.2 Å². The number of likely N-dealkylation sites (N-methyl/N-ethyl adjacent to an activating group) is 2. The number of ketones is 2. The highest BCUT2D eigenvalue weighted by molar-refractivity contribution is 6.11. The fourth-order valence-electron chi connectivity index (χ4n) is 2.66. The monoisotopic (exact) mass is 404 g/mol. The lowest BCUT2D eigenvalue weighted by Crippen LogP contribution is -2.48. The van der Waals surface area contributed by atoms with Gasteiger partial charge in [-0.15, -0.1) is 0 Å². The molecule has 4 N–H and O–H groups in total. The molecule has 0 aromatic carbocycles. The molecular weight excluding hydrogens is 372 g/mol. The van der Waals surface area contributed by atoms with Gasteiger partial charge in [0.15, 0.2) is 23.4 Å². The van der Waals surface area contributed by atoms with Gasteiger partial charge in [0.1, 0.15) is 25.3 Å². The van der Waals surface area contributed by atoms with Crippen molar-refractivity contribution in [3.63, 3.8) is 0 Å². The molecule has 0 amide bonds. The van der Waals surface area contributed by atoms with Gasteiger partial charge in [0.2, 0.25) is 0 Å². The second-order valence-corrected chi connectivity index (χ2v) is 8.85. The summed E-state index contributed by atoms with van der Waals surface area (Å²) >= 11 is 0. The number of allylic oxidation sites excluding steroid dienone is 2. The van der Waals surface area contributed by atoms with E-state index in [1.807, 2.05) is 0 Å². The van der Waals surface area contributed by atoms with Crippen LogP contribution in [0.3, 0.4) is 0 Å². The van der Waals surface area contributed by atoms with Crippen LogP contribution in [0.25, 0.3) is 0 Å². The number of aliphatic hydroxyl groups is 2. The molecule has 0 saturated carbocycles. The zero-order chi connectivity index (χ0) is 22.4. The number of nitrogens with zero attached hydrogens (tertiary/aromatic N) is 2. The summed E-state index contributed by atoms with van der Waals surface area (Å²) in [5, 5.41) is 38.7. The number of carboxylic acids is 2. The van der Waals surface area contributed by atoms with Crippen molar-refractivity contribution >= 4 is 23.5 Å². The average Bonchev–Trinajstić information content (AvgIpc) is 2.40. The quantitative estimate of drug-likeness (QED) is 0.169. The van der Waals surface area contributed by atoms with E-state index in [2.05, 4.69) is 0 Å². The molecule has 28 heavy (non-hydrogen) atoms. The highest BCUT2D eigenvalue weighted by atomic mass is 16.4. The standard InChI is InChI=1S/C18H30N2O8/c1-19(2,3)9-13(23)15(17(25)26)11(21)7-8-12(22)16(18(27)28)14(24)10-20(4,5)6/h7-8,13-16,23-24H,9-10H2,1-6H3/p+2/b8-7+. The maximum absolute atomic E-state index is 12.2. The molecule has 0 aliphatic carbocycles. The van der Waals surface area contributed by atoms with Crippen molar-refractivity contribution in [3.8, 4) is 0 Å². The number of carbonyl (C=O) groups excluding carboxylic acids is 2. The Bertz CT molecular complexity index is 576. The van der Waals surface area contributed by atoms with Gasteiger partial charge in [-0.05, 0) is 12.2 Å². The number of aliphatic hydroxyl groups excluding tert-OH is 2. The lowest BCUT2D eigenvalue weighted by atomic mass is 9.93. The Balaban J connectivity index is 5.42. The average molecular weight is 404 g/mol. The van der Waals surface area contributed by atoms with Crippen LogP contribution in [0.5, 0.6) is 0 Å². The largest absolute Gasteiger partial charge is 0.481 e. The highest BCUT2D eigenvalue weighted by Crippen LogP contribution is 2.13. The summed E-state index contributed by atoms with van der Waals surface area (Å²) in [5.74, 6) is -8.76. The number of hydrogen-bond acceptors (Lipinski definition) is 6. The van der Waals surface area contributed by atoms with E-state index in [4.69, 9.17) is 0 Å². The molecule has 0 aliphatic heterocycles. The van der Waals surface area contributed by atoms with E-state index < -0.39 is 47.5 Å². The van der Waals surface area contributed by atoms with Gasteiger partial charge >= 0.3 is 11.9 Å². The summed E-state index contributed by atoms with van der Waals surface area (Å²) in [7, 11) is 10.2. The van der Waals surface area contributed by atoms with Crippen LogP contribution < -0.4 is 0 Å². The van der Waals surface area contributed by atoms with Crippen molar-refractivity contribution in [1.82, 2.24) is 0 Å². The molecule has 10 nitrogen and oxygen atoms in total. The van der Waals surface area contributed by atoms with Crippen LogP contribution in [-0.2, 0) is 19.2 Å². The summed E-state index contributed by atoms with van der Waals surface area (Å²) < 4.78 is 0.415. The van der Waals surface area contributed by atoms with Crippen molar-refractivity contribution in [1.29, 1.82) is 0 Å². The van der Waals surface area contributed by atoms with E-state index in [1.54, 1.807) is 42.3 Å². The van der Waals surface area contributed by atoms with E-state index in [-0.39, 0.29) is 22.1 Å². The van der Waals surface area contributed by atoms with Crippen molar-refractivity contribution in [2.45, 2.75) is 12.2 Å². The first kappa shape index (κ1) is 25.9. The Hall–Kier alpha value is -2.14. The zero-order valence-corrected chi connectivity index (χ0v) is 17.2. The van der Waals surface area contributed by atoms with E-state index in [0.29, 0.717) is 12.2 Å². The van der Waals surface area contributed by atoms with Crippen LogP contribution in [-0.4, -0.2) is 120 Å². The fourth-order valence-corrected chi connectivity index (χ4v) is 2.66. The van der Waals surface area contributed by atoms with Gasteiger partial charge in [0.25, 0.3) is 0 Å². The maximum Gasteiger partial charge on any atom is 0.317 e. The highest BCUT2D eigenvalue weighted by Gasteiger charge is 2.37. The van der Waals surface area contributed by atoms with E-state index >= 15 is 0 Å². The van der Waals surface area contributed by atoms with Crippen molar-refractivity contribution in [2.75, 3.05) is 55.4 Å². The van der Waals surface area contributed by atoms with E-state index in [0.717, 1.165) is 0 Å². The molecule has 0 aromatic heterocycles. The third-order valence-electron chi connectivity index (χ3n) is 3.80. The summed E-state index contributed by atoms with van der Waals surface area (Å²) in [6, 6.07) is 0. The van der Waals surface area contributed by atoms with Gasteiger partial charge in [-0.3, -0.25) is 19.2 Å². The molecule has 0 fully saturated rings. The van der Waals surface area contributed by atoms with Gasteiger partial charge in [-0.2, -0.15) is 0 Å². The minimum absolute atomic E-state index is 0.0234. The normalized spacial score (nSPS) is 17.0. The SMILES string of the molecule is C[N+](C)(C)CC(O)C(C(=O)O)C(=O)/C=C/C(=O)C(C(=O)O)C(O)C[N+](C)(C)C. The first-order valence-electron chi connectivity index (χ1n) is 8.64. The molecule has 0 heterocycles. The number of quaternary nitrogens is 2. The number of hydrogen-bond donors (Lipinski definition) is 4. The smallest absolute Gasteiger partial charge is 0.317 e. The topological polar surface area (TPSA) is 149 Å². The Kier molecular flexibility index (Phi) is 9.12. The number of rotatable bonds is 12. The second kappa shape index (κ2) is 9.87. The molecular formula is C18H32N2O8+2. The minimum Gasteiger partial charge on any atom is -0.481 e. The molecule has 0 aliphatic rings. The van der Waals surface area contributed by atoms with Gasteiger partial charge in [-0.1, -0.05) is 0 Å². The van der Waals surface area contributed by atoms with Crippen LogP contribution in [0.1, 0.15) is 0 Å². The lowest BCUT2D eigenvalue weighted by molar-refractivity contribution is -0.873. The van der Waals surface area contributed by atoms with Gasteiger partial charge in [-0.25, -0.2) is 0 Å². The summed E-state index contributed by atoms with van der Waals surface area (Å²) in [6.07, 6.45) is -1.70. The summed E-state index contributed by atoms with van der Waals surface area (Å²) in [5.41, 5.74) is 0. The van der Waals surface area contributed by atoms with Crippen LogP contribution in [0, 0.1) is 11.8 Å². The predicted molar refractivity (Wildman–Crippen MR) is 99.2 cm³/mol. The fraction of sp³-hybridized carbons (Fsp3) is 0.667. The van der Waals surface area contributed by atoms with Crippen molar-refractivity contribution in [2.24, 2.45) is 11.8 Å². The number of carbonyl (C=O) groups is 4. The molecule has 160 valence electrons. The van der Waals surface area contributed by atoms with E-state index in [1.165, 1.54) is 0 Å². The third-order valence-corrected chi connectivity index (χ3v) is 3.80. The van der Waals surface area contributed by atoms with Gasteiger partial charge in [0, 0.05) is 0 Å². The second-order valence-electron chi connectivity index (χ2n) is 8.85. The molecule has 4 atom stereocenters. The van der Waals surface area contributed by atoms with Crippen LogP contribution in [0.4, 0.5) is 0 Å². The number of aliphatic carboxylic acids is 2. The van der Waals surface area contributed by atoms with Crippen molar-refractivity contribution < 1.29 is 48.6 Å². The third kappa shape index (κ3) is 9.18. The lowest BCUT2D eigenvalue weighted by Gasteiger charge is -2.28.